The Hall–Kier alpha value is -3.85. The number of halogens is 1. The lowest BCUT2D eigenvalue weighted by molar-refractivity contribution is 0.585. The smallest absolute Gasteiger partial charge is 0.166 e. The van der Waals surface area contributed by atoms with E-state index in [-0.39, 0.29) is 5.82 Å². The molecule has 0 bridgehead atoms. The monoisotopic (exact) mass is 472 g/mol. The summed E-state index contributed by atoms with van der Waals surface area (Å²) in [7, 11) is 0. The van der Waals surface area contributed by atoms with Gasteiger partial charge < -0.3 is 21.3 Å². The lowest BCUT2D eigenvalue weighted by Gasteiger charge is -2.30. The standard InChI is InChI=1S/C26H29FN8/c1-16-11-21(27)25(31-13-16)32-17(2)12-19(5-6-28)24-33-22-15-30-14-20(18-3-4-18)23(22)26(34-24)35-9-7-29-8-10-35/h5-6,11-15,18,29H,2-4,7-10,28H2,1H3,(H,31,32)/b6-5-,19-12+. The highest BCUT2D eigenvalue weighted by Crippen LogP contribution is 2.44. The number of hydrogen-bond acceptors (Lipinski definition) is 8. The second-order valence-corrected chi connectivity index (χ2v) is 8.96. The highest BCUT2D eigenvalue weighted by atomic mass is 19.1. The van der Waals surface area contributed by atoms with Crippen LogP contribution in [0.2, 0.25) is 0 Å². The van der Waals surface area contributed by atoms with E-state index in [2.05, 4.69) is 32.1 Å². The average Bonchev–Trinajstić information content (AvgIpc) is 3.70. The number of nitrogens with zero attached hydrogens (tertiary/aromatic N) is 5. The van der Waals surface area contributed by atoms with Crippen molar-refractivity contribution < 1.29 is 4.39 Å². The fourth-order valence-corrected chi connectivity index (χ4v) is 4.32. The molecule has 3 aromatic rings. The normalized spacial score (nSPS) is 16.7. The van der Waals surface area contributed by atoms with Crippen molar-refractivity contribution in [3.05, 3.63) is 78.1 Å². The molecule has 0 amide bonds. The van der Waals surface area contributed by atoms with Gasteiger partial charge in [-0.15, -0.1) is 0 Å². The first kappa shape index (κ1) is 22.9. The van der Waals surface area contributed by atoms with Gasteiger partial charge in [0.15, 0.2) is 17.5 Å². The zero-order chi connectivity index (χ0) is 24.4. The first-order chi connectivity index (χ1) is 17.0. The van der Waals surface area contributed by atoms with Gasteiger partial charge in [0.1, 0.15) is 5.82 Å². The highest BCUT2D eigenvalue weighted by Gasteiger charge is 2.29. The number of rotatable bonds is 7. The molecule has 2 fully saturated rings. The van der Waals surface area contributed by atoms with Crippen LogP contribution in [0.5, 0.6) is 0 Å². The van der Waals surface area contributed by atoms with E-state index in [1.807, 2.05) is 6.20 Å². The number of piperazine rings is 1. The van der Waals surface area contributed by atoms with E-state index in [1.54, 1.807) is 31.5 Å². The maximum absolute atomic E-state index is 14.3. The van der Waals surface area contributed by atoms with Crippen molar-refractivity contribution in [2.75, 3.05) is 36.4 Å². The van der Waals surface area contributed by atoms with Crippen molar-refractivity contribution >= 4 is 28.1 Å². The van der Waals surface area contributed by atoms with Crippen molar-refractivity contribution in [2.24, 2.45) is 5.73 Å². The lowest BCUT2D eigenvalue weighted by atomic mass is 10.1. The number of pyridine rings is 2. The molecule has 8 nitrogen and oxygen atoms in total. The fourth-order valence-electron chi connectivity index (χ4n) is 4.32. The van der Waals surface area contributed by atoms with Crippen molar-refractivity contribution in [1.82, 2.24) is 25.3 Å². The number of anilines is 2. The SMILES string of the molecule is C=C(/C=C(\C=C/N)c1nc(N2CCNCC2)c2c(C3CC3)cncc2n1)Nc1ncc(C)cc1F. The van der Waals surface area contributed by atoms with E-state index in [4.69, 9.17) is 15.7 Å². The summed E-state index contributed by atoms with van der Waals surface area (Å²) in [6.45, 7) is 9.32. The molecule has 0 unspecified atom stereocenters. The largest absolute Gasteiger partial charge is 0.405 e. The second-order valence-electron chi connectivity index (χ2n) is 8.96. The van der Waals surface area contributed by atoms with Gasteiger partial charge in [-0.05, 0) is 61.2 Å². The zero-order valence-electron chi connectivity index (χ0n) is 19.8. The van der Waals surface area contributed by atoms with Crippen LogP contribution in [0.15, 0.2) is 55.3 Å². The molecule has 3 aromatic heterocycles. The molecule has 1 aliphatic heterocycles. The molecule has 0 aromatic carbocycles. The predicted molar refractivity (Wildman–Crippen MR) is 137 cm³/mol. The van der Waals surface area contributed by atoms with Gasteiger partial charge in [0.05, 0.1) is 11.7 Å². The van der Waals surface area contributed by atoms with Gasteiger partial charge >= 0.3 is 0 Å². The minimum Gasteiger partial charge on any atom is -0.405 e. The summed E-state index contributed by atoms with van der Waals surface area (Å²) in [5.74, 6) is 1.59. The van der Waals surface area contributed by atoms with Gasteiger partial charge in [0, 0.05) is 55.2 Å². The van der Waals surface area contributed by atoms with Crippen LogP contribution in [0, 0.1) is 12.7 Å². The molecule has 1 aliphatic carbocycles. The summed E-state index contributed by atoms with van der Waals surface area (Å²) in [4.78, 5) is 20.8. The Balaban J connectivity index is 1.57. The van der Waals surface area contributed by atoms with Crippen LogP contribution in [0.3, 0.4) is 0 Å². The Morgan fingerprint density at radius 1 is 1.23 bits per heavy atom. The van der Waals surface area contributed by atoms with Crippen LogP contribution < -0.4 is 21.3 Å². The molecule has 0 radical (unpaired) electrons. The minimum atomic E-state index is -0.447. The minimum absolute atomic E-state index is 0.104. The number of fused-ring (bicyclic) bond motifs is 1. The number of nitrogens with one attached hydrogen (secondary N) is 2. The molecule has 180 valence electrons. The van der Waals surface area contributed by atoms with E-state index < -0.39 is 5.82 Å². The third kappa shape index (κ3) is 5.00. The van der Waals surface area contributed by atoms with Crippen molar-refractivity contribution in [2.45, 2.75) is 25.7 Å². The molecule has 1 saturated carbocycles. The third-order valence-electron chi connectivity index (χ3n) is 6.17. The van der Waals surface area contributed by atoms with Gasteiger partial charge in [0.25, 0.3) is 0 Å². The summed E-state index contributed by atoms with van der Waals surface area (Å²) >= 11 is 0. The summed E-state index contributed by atoms with van der Waals surface area (Å²) in [5, 5.41) is 7.41. The van der Waals surface area contributed by atoms with Crippen LogP contribution in [-0.4, -0.2) is 46.1 Å². The highest BCUT2D eigenvalue weighted by molar-refractivity contribution is 5.94. The summed E-state index contributed by atoms with van der Waals surface area (Å²) in [6, 6.07) is 1.42. The Bertz CT molecular complexity index is 1320. The Labute approximate surface area is 203 Å². The molecular weight excluding hydrogens is 443 g/mol. The molecule has 35 heavy (non-hydrogen) atoms. The predicted octanol–water partition coefficient (Wildman–Crippen LogP) is 3.64. The molecule has 2 aliphatic rings. The van der Waals surface area contributed by atoms with Crippen molar-refractivity contribution in [3.8, 4) is 0 Å². The molecule has 1 saturated heterocycles. The Kier molecular flexibility index (Phi) is 6.41. The fraction of sp³-hybridized carbons (Fsp3) is 0.308. The summed E-state index contributed by atoms with van der Waals surface area (Å²) in [6.07, 6.45) is 12.6. The lowest BCUT2D eigenvalue weighted by Crippen LogP contribution is -2.44. The third-order valence-corrected chi connectivity index (χ3v) is 6.17. The van der Waals surface area contributed by atoms with Crippen LogP contribution in [0.4, 0.5) is 16.0 Å². The number of hydrogen-bond donors (Lipinski definition) is 3. The summed E-state index contributed by atoms with van der Waals surface area (Å²) < 4.78 is 14.3. The number of aryl methyl sites for hydroxylation is 1. The van der Waals surface area contributed by atoms with Gasteiger partial charge in [-0.2, -0.15) is 0 Å². The maximum atomic E-state index is 14.3. The van der Waals surface area contributed by atoms with Gasteiger partial charge in [0.2, 0.25) is 0 Å². The van der Waals surface area contributed by atoms with Gasteiger partial charge in [-0.1, -0.05) is 6.58 Å². The maximum Gasteiger partial charge on any atom is 0.166 e. The molecule has 4 heterocycles. The second kappa shape index (κ2) is 9.79. The number of aromatic nitrogens is 4. The van der Waals surface area contributed by atoms with Gasteiger partial charge in [-0.25, -0.2) is 19.3 Å². The van der Waals surface area contributed by atoms with E-state index in [1.165, 1.54) is 30.7 Å². The van der Waals surface area contributed by atoms with Crippen molar-refractivity contribution in [1.29, 1.82) is 0 Å². The van der Waals surface area contributed by atoms with Crippen molar-refractivity contribution in [3.63, 3.8) is 0 Å². The van der Waals surface area contributed by atoms with E-state index in [0.717, 1.165) is 48.5 Å². The zero-order valence-corrected chi connectivity index (χ0v) is 19.8. The number of allylic oxidation sites excluding steroid dienone is 3. The number of nitrogens with two attached hydrogens (primary N) is 1. The summed E-state index contributed by atoms with van der Waals surface area (Å²) in [5.41, 5.74) is 9.61. The molecule has 4 N–H and O–H groups in total. The van der Waals surface area contributed by atoms with Crippen LogP contribution >= 0.6 is 0 Å². The van der Waals surface area contributed by atoms with Crippen LogP contribution in [0.1, 0.15) is 35.7 Å². The molecule has 0 spiro atoms. The topological polar surface area (TPSA) is 105 Å². The van der Waals surface area contributed by atoms with Gasteiger partial charge in [-0.3, -0.25) is 4.98 Å². The molecule has 0 atom stereocenters. The molecule has 5 rings (SSSR count). The Morgan fingerprint density at radius 3 is 2.74 bits per heavy atom. The quantitative estimate of drug-likeness (QED) is 0.448. The van der Waals surface area contributed by atoms with E-state index in [0.29, 0.717) is 23.0 Å². The van der Waals surface area contributed by atoms with Crippen LogP contribution in [-0.2, 0) is 0 Å². The molecular formula is C26H29FN8. The molecule has 9 heteroatoms. The van der Waals surface area contributed by atoms with E-state index >= 15 is 0 Å². The van der Waals surface area contributed by atoms with Crippen LogP contribution in [0.25, 0.3) is 16.5 Å². The first-order valence-electron chi connectivity index (χ1n) is 11.8. The first-order valence-corrected chi connectivity index (χ1v) is 11.8. The van der Waals surface area contributed by atoms with E-state index in [9.17, 15) is 4.39 Å². The Morgan fingerprint density at radius 2 is 2.03 bits per heavy atom. The average molecular weight is 473 g/mol.